The summed E-state index contributed by atoms with van der Waals surface area (Å²) in [5.74, 6) is 0. The third kappa shape index (κ3) is 4.79. The zero-order chi connectivity index (χ0) is 40.8. The lowest BCUT2D eigenvalue weighted by Crippen LogP contribution is -1.97. The van der Waals surface area contributed by atoms with E-state index in [1.54, 1.807) is 0 Å². The Balaban J connectivity index is 1.17. The lowest BCUT2D eigenvalue weighted by atomic mass is 9.85. The predicted octanol–water partition coefficient (Wildman–Crippen LogP) is 14.8. The van der Waals surface area contributed by atoms with E-state index < -0.39 is 6.04 Å². The zero-order valence-electron chi connectivity index (χ0n) is 35.1. The minimum absolute atomic E-state index is 0.0887. The molecule has 0 aliphatic rings. The van der Waals surface area contributed by atoms with Gasteiger partial charge in [0, 0.05) is 16.3 Å². The molecule has 0 aliphatic carbocycles. The van der Waals surface area contributed by atoms with Crippen molar-refractivity contribution >= 4 is 65.0 Å². The Morgan fingerprint density at radius 1 is 0.407 bits per heavy atom. The van der Waals surface area contributed by atoms with Crippen LogP contribution in [-0.4, -0.2) is 0 Å². The number of furan rings is 1. The Morgan fingerprint density at radius 2 is 1.04 bits per heavy atom. The van der Waals surface area contributed by atoms with Crippen molar-refractivity contribution in [3.05, 3.63) is 205 Å². The van der Waals surface area contributed by atoms with Gasteiger partial charge in [-0.2, -0.15) is 0 Å². The minimum Gasteiger partial charge on any atom is -0.455 e. The molecule has 0 bridgehead atoms. The smallest absolute Gasteiger partial charge is 0.143 e. The Labute approximate surface area is 321 Å². The van der Waals surface area contributed by atoms with Crippen molar-refractivity contribution < 1.29 is 12.6 Å². The Kier molecular flexibility index (Phi) is 5.73. The van der Waals surface area contributed by atoms with Gasteiger partial charge >= 0.3 is 0 Å². The van der Waals surface area contributed by atoms with Crippen LogP contribution in [0.5, 0.6) is 0 Å². The van der Waals surface area contributed by atoms with E-state index in [-0.39, 0.29) is 53.0 Å². The molecule has 252 valence electrons. The molecule has 0 N–H and O–H groups in total. The second kappa shape index (κ2) is 12.3. The number of para-hydroxylation sites is 1. The van der Waals surface area contributed by atoms with Crippen LogP contribution in [0.1, 0.15) is 19.4 Å². The summed E-state index contributed by atoms with van der Waals surface area (Å²) < 4.78 is 62.6. The predicted molar refractivity (Wildman–Crippen MR) is 229 cm³/mol. The van der Waals surface area contributed by atoms with E-state index in [0.717, 1.165) is 70.9 Å². The molecule has 11 rings (SSSR count). The van der Waals surface area contributed by atoms with E-state index >= 15 is 0 Å². The maximum absolute atomic E-state index is 9.74. The summed E-state index contributed by atoms with van der Waals surface area (Å²) in [5, 5.41) is 8.47. The number of benzene rings is 10. The topological polar surface area (TPSA) is 13.1 Å². The average Bonchev–Trinajstić information content (AvgIpc) is 3.67. The van der Waals surface area contributed by atoms with Gasteiger partial charge in [-0.15, -0.1) is 0 Å². The summed E-state index contributed by atoms with van der Waals surface area (Å²) in [4.78, 5) is 0. The van der Waals surface area contributed by atoms with Gasteiger partial charge < -0.3 is 4.42 Å². The quantitative estimate of drug-likeness (QED) is 0.164. The van der Waals surface area contributed by atoms with Crippen molar-refractivity contribution in [2.24, 2.45) is 0 Å². The second-order valence-corrected chi connectivity index (χ2v) is 13.9. The molecule has 0 radical (unpaired) electrons. The monoisotopic (exact) mass is 692 g/mol. The highest BCUT2D eigenvalue weighted by molar-refractivity contribution is 6.16. The van der Waals surface area contributed by atoms with Crippen LogP contribution in [0.4, 0.5) is 0 Å². The summed E-state index contributed by atoms with van der Waals surface area (Å²) in [6.07, 6.45) is 0.172. The van der Waals surface area contributed by atoms with E-state index in [1.165, 1.54) is 0 Å². The van der Waals surface area contributed by atoms with Crippen molar-refractivity contribution in [1.29, 1.82) is 0 Å². The Bertz CT molecular complexity index is 3530. The molecular weight excluding hydrogens is 653 g/mol. The maximum atomic E-state index is 9.74. The van der Waals surface area contributed by atoms with Gasteiger partial charge in [0.15, 0.2) is 0 Å². The molecule has 0 amide bonds. The minimum atomic E-state index is -0.392. The largest absolute Gasteiger partial charge is 0.455 e. The average molecular weight is 693 g/mol. The molecular formula is C53H34O. The van der Waals surface area contributed by atoms with Gasteiger partial charge in [0.1, 0.15) is 11.2 Å². The Morgan fingerprint density at radius 3 is 1.83 bits per heavy atom. The van der Waals surface area contributed by atoms with E-state index in [9.17, 15) is 5.48 Å². The molecule has 1 heterocycles. The van der Waals surface area contributed by atoms with Gasteiger partial charge in [-0.3, -0.25) is 0 Å². The molecule has 1 nitrogen and oxygen atoms in total. The van der Waals surface area contributed by atoms with Crippen LogP contribution >= 0.6 is 0 Å². The first-order valence-electron chi connectivity index (χ1n) is 21.2. The first kappa shape index (κ1) is 25.1. The normalized spacial score (nSPS) is 13.3. The molecule has 1 heteroatoms. The van der Waals surface area contributed by atoms with Crippen LogP contribution in [0, 0.1) is 0 Å². The number of fused-ring (bicyclic) bond motifs is 7. The van der Waals surface area contributed by atoms with Crippen molar-refractivity contribution in [1.82, 2.24) is 0 Å². The molecule has 0 atom stereocenters. The molecule has 10 aromatic carbocycles. The molecule has 54 heavy (non-hydrogen) atoms. The van der Waals surface area contributed by atoms with Gasteiger partial charge in [-0.05, 0) is 101 Å². The summed E-state index contributed by atoms with van der Waals surface area (Å²) in [6, 6.07) is 51.6. The first-order chi connectivity index (χ1) is 29.3. The fourth-order valence-electron chi connectivity index (χ4n) is 8.47. The highest BCUT2D eigenvalue weighted by Crippen LogP contribution is 2.43. The van der Waals surface area contributed by atoms with Gasteiger partial charge in [0.2, 0.25) is 0 Å². The highest BCUT2D eigenvalue weighted by Gasteiger charge is 2.19. The zero-order valence-corrected chi connectivity index (χ0v) is 29.1. The van der Waals surface area contributed by atoms with Crippen LogP contribution in [0.2, 0.25) is 0 Å². The third-order valence-corrected chi connectivity index (χ3v) is 10.9. The molecule has 0 unspecified atom stereocenters. The van der Waals surface area contributed by atoms with E-state index in [4.69, 9.17) is 7.16 Å². The summed E-state index contributed by atoms with van der Waals surface area (Å²) >= 11 is 0. The number of rotatable bonds is 5. The summed E-state index contributed by atoms with van der Waals surface area (Å²) in [6.45, 7) is 0. The fourth-order valence-corrected chi connectivity index (χ4v) is 8.47. The van der Waals surface area contributed by atoms with Crippen LogP contribution in [0.25, 0.3) is 98.4 Å². The first-order valence-corrected chi connectivity index (χ1v) is 18.2. The summed E-state index contributed by atoms with van der Waals surface area (Å²) in [7, 11) is 0. The van der Waals surface area contributed by atoms with Crippen LogP contribution < -0.4 is 0 Å². The maximum Gasteiger partial charge on any atom is 0.143 e. The second-order valence-electron chi connectivity index (χ2n) is 13.9. The van der Waals surface area contributed by atoms with E-state index in [1.807, 2.05) is 84.9 Å². The number of hydrogen-bond donors (Lipinski definition) is 0. The van der Waals surface area contributed by atoms with Crippen molar-refractivity contribution in [2.45, 2.75) is 6.42 Å². The van der Waals surface area contributed by atoms with Gasteiger partial charge in [-0.25, -0.2) is 0 Å². The molecule has 0 saturated heterocycles. The lowest BCUT2D eigenvalue weighted by molar-refractivity contribution is 0.670. The fraction of sp³-hybridized carbons (Fsp3) is 0.0189. The molecule has 0 fully saturated rings. The van der Waals surface area contributed by atoms with E-state index in [2.05, 4.69) is 72.8 Å². The van der Waals surface area contributed by atoms with Crippen molar-refractivity contribution in [2.75, 3.05) is 0 Å². The standard InChI is InChI=1S/C53H34O/c1-2-15-35(16-3-1)52-45-23-10-8-21-42(45)49(43-22-9-11-24-46(43)52)32-36-28-30-44(41-20-7-6-19-40(36)41)47-26-13-27-48-50-33-37(29-31-51(50)54-53(47)48)39-25-12-17-34-14-4-5-18-38(34)39/h1-31,33H,32H2/i6D,7D,19D,20D,28D,30D. The lowest BCUT2D eigenvalue weighted by Gasteiger charge is -2.18. The summed E-state index contributed by atoms with van der Waals surface area (Å²) in [5.41, 5.74) is 7.51. The highest BCUT2D eigenvalue weighted by atomic mass is 16.3. The van der Waals surface area contributed by atoms with Crippen LogP contribution in [-0.2, 0) is 6.42 Å². The van der Waals surface area contributed by atoms with Crippen LogP contribution in [0.3, 0.4) is 0 Å². The number of hydrogen-bond acceptors (Lipinski definition) is 1. The van der Waals surface area contributed by atoms with Gasteiger partial charge in [0.25, 0.3) is 0 Å². The molecule has 0 saturated carbocycles. The van der Waals surface area contributed by atoms with E-state index in [0.29, 0.717) is 22.3 Å². The molecule has 11 aromatic rings. The van der Waals surface area contributed by atoms with Gasteiger partial charge in [-0.1, -0.05) is 182 Å². The van der Waals surface area contributed by atoms with Crippen LogP contribution in [0.15, 0.2) is 198 Å². The Hall–Kier alpha value is -6.96. The SMILES string of the molecule is [2H]c1c([2H])c([2H])c2c(-c3cccc4c3oc3ccc(-c5cccc6ccccc56)cc34)c([2H])c([2H])c(Cc3c4ccccc4c(-c4ccccc4)c4ccccc34)c2c1[2H]. The van der Waals surface area contributed by atoms with Gasteiger partial charge in [0.05, 0.1) is 8.22 Å². The molecule has 1 aromatic heterocycles. The molecule has 0 spiro atoms. The van der Waals surface area contributed by atoms with Crippen molar-refractivity contribution in [3.8, 4) is 33.4 Å². The molecule has 0 aliphatic heterocycles. The van der Waals surface area contributed by atoms with Crippen molar-refractivity contribution in [3.63, 3.8) is 0 Å². The third-order valence-electron chi connectivity index (χ3n) is 10.9.